The Hall–Kier alpha value is -6.32. The van der Waals surface area contributed by atoms with Crippen molar-refractivity contribution in [3.8, 4) is 5.75 Å². The van der Waals surface area contributed by atoms with Gasteiger partial charge < -0.3 is 41.5 Å². The molecule has 6 rings (SSSR count). The summed E-state index contributed by atoms with van der Waals surface area (Å²) in [4.78, 5) is 105. The first-order valence-electron chi connectivity index (χ1n) is 18.9. The minimum Gasteiger partial charge on any atom is -0.505 e. The highest BCUT2D eigenvalue weighted by Crippen LogP contribution is 2.24. The Morgan fingerprint density at radius 3 is 1.96 bits per heavy atom. The van der Waals surface area contributed by atoms with Crippen molar-refractivity contribution < 1.29 is 38.7 Å². The van der Waals surface area contributed by atoms with Crippen LogP contribution in [-0.4, -0.2) is 111 Å². The number of aromatic nitrogens is 1. The Morgan fingerprint density at radius 1 is 0.750 bits per heavy atom. The topological polar surface area (TPSA) is 219 Å². The van der Waals surface area contributed by atoms with Crippen molar-refractivity contribution in [3.05, 3.63) is 95.8 Å². The number of rotatable bonds is 6. The van der Waals surface area contributed by atoms with Crippen LogP contribution in [0.15, 0.2) is 79.0 Å². The van der Waals surface area contributed by atoms with Crippen molar-refractivity contribution in [2.24, 2.45) is 0 Å². The molecule has 0 radical (unpaired) electrons. The Bertz CT molecular complexity index is 1950. The van der Waals surface area contributed by atoms with E-state index in [0.29, 0.717) is 31.2 Å². The molecule has 3 aromatic rings. The van der Waals surface area contributed by atoms with Gasteiger partial charge in [0.15, 0.2) is 5.69 Å². The fourth-order valence-electron chi connectivity index (χ4n) is 7.43. The summed E-state index contributed by atoms with van der Waals surface area (Å²) < 4.78 is 0. The molecule has 6 atom stereocenters. The Kier molecular flexibility index (Phi) is 12.6. The van der Waals surface area contributed by atoms with Crippen molar-refractivity contribution in [3.63, 3.8) is 0 Å². The highest BCUT2D eigenvalue weighted by Gasteiger charge is 2.42. The number of carbonyl (C=O) groups is 7. The van der Waals surface area contributed by atoms with Crippen LogP contribution in [0.3, 0.4) is 0 Å². The van der Waals surface area contributed by atoms with E-state index >= 15 is 0 Å². The number of amides is 7. The Morgan fingerprint density at radius 2 is 1.34 bits per heavy atom. The first-order valence-corrected chi connectivity index (χ1v) is 18.9. The van der Waals surface area contributed by atoms with E-state index in [1.807, 2.05) is 30.3 Å². The summed E-state index contributed by atoms with van der Waals surface area (Å²) in [5.41, 5.74) is 0.820. The van der Waals surface area contributed by atoms with Gasteiger partial charge in [-0.1, -0.05) is 67.6 Å². The lowest BCUT2D eigenvalue weighted by molar-refractivity contribution is -0.144. The number of carbonyl (C=O) groups excluding carboxylic acids is 7. The molecule has 3 aliphatic heterocycles. The van der Waals surface area contributed by atoms with E-state index in [0.717, 1.165) is 5.56 Å². The Balaban J connectivity index is 1.36. The van der Waals surface area contributed by atoms with Crippen molar-refractivity contribution in [1.29, 1.82) is 0 Å². The van der Waals surface area contributed by atoms with E-state index in [9.17, 15) is 38.7 Å². The summed E-state index contributed by atoms with van der Waals surface area (Å²) in [7, 11) is 0. The molecule has 0 aliphatic carbocycles. The predicted molar refractivity (Wildman–Crippen MR) is 201 cm³/mol. The molecule has 0 bridgehead atoms. The zero-order chi connectivity index (χ0) is 39.8. The summed E-state index contributed by atoms with van der Waals surface area (Å²) >= 11 is 0. The van der Waals surface area contributed by atoms with Crippen LogP contribution in [-0.2, 0) is 35.2 Å². The monoisotopic (exact) mass is 766 g/mol. The van der Waals surface area contributed by atoms with E-state index in [1.54, 1.807) is 37.3 Å². The van der Waals surface area contributed by atoms with Gasteiger partial charge in [0.2, 0.25) is 35.4 Å². The second-order valence-corrected chi connectivity index (χ2v) is 14.1. The highest BCUT2D eigenvalue weighted by atomic mass is 16.3. The van der Waals surface area contributed by atoms with Crippen LogP contribution < -0.4 is 26.6 Å². The molecule has 2 aromatic carbocycles. The lowest BCUT2D eigenvalue weighted by atomic mass is 10.0. The van der Waals surface area contributed by atoms with E-state index in [1.165, 1.54) is 28.1 Å². The summed E-state index contributed by atoms with van der Waals surface area (Å²) in [6.45, 7) is 1.66. The molecule has 0 saturated carbocycles. The van der Waals surface area contributed by atoms with Crippen molar-refractivity contribution in [2.75, 3.05) is 19.6 Å². The molecule has 6 N–H and O–H groups in total. The zero-order valence-electron chi connectivity index (χ0n) is 31.0. The second kappa shape index (κ2) is 17.9. The first kappa shape index (κ1) is 39.4. The van der Waals surface area contributed by atoms with E-state index in [2.05, 4.69) is 31.6 Å². The van der Waals surface area contributed by atoms with Gasteiger partial charge in [0.25, 0.3) is 5.91 Å². The summed E-state index contributed by atoms with van der Waals surface area (Å²) in [6.07, 6.45) is 3.17. The average Bonchev–Trinajstić information content (AvgIpc) is 3.91. The number of hydrogen-bond acceptors (Lipinski definition) is 9. The quantitative estimate of drug-likeness (QED) is 0.205. The number of nitrogens with zero attached hydrogens (tertiary/aromatic N) is 3. The minimum atomic E-state index is -1.48. The highest BCUT2D eigenvalue weighted by molar-refractivity contribution is 6.00. The van der Waals surface area contributed by atoms with Gasteiger partial charge in [-0.2, -0.15) is 0 Å². The van der Waals surface area contributed by atoms with Gasteiger partial charge in [0.05, 0.1) is 0 Å². The molecule has 3 saturated heterocycles. The SMILES string of the molecule is CCC1NC(=O)C(NC(=O)c2ncccc2O)CNC(=O)C(c2ccccc2)NC(=O)C2CCCN2C(=O)C(Cc2ccccc2)NC(=O)C2CCCN2C1=O. The minimum absolute atomic E-state index is 0.122. The fraction of sp³-hybridized carbons (Fsp3) is 0.400. The lowest BCUT2D eigenvalue weighted by Crippen LogP contribution is -2.59. The van der Waals surface area contributed by atoms with Crippen LogP contribution in [0.2, 0.25) is 0 Å². The predicted octanol–water partition coefficient (Wildman–Crippen LogP) is 0.477. The van der Waals surface area contributed by atoms with Crippen molar-refractivity contribution >= 4 is 41.4 Å². The van der Waals surface area contributed by atoms with Crippen LogP contribution in [0.1, 0.15) is 66.7 Å². The number of benzene rings is 2. The maximum atomic E-state index is 14.4. The molecule has 0 spiro atoms. The Labute approximate surface area is 323 Å². The third kappa shape index (κ3) is 8.96. The van der Waals surface area contributed by atoms with Crippen LogP contribution >= 0.6 is 0 Å². The van der Waals surface area contributed by atoms with E-state index < -0.39 is 89.9 Å². The van der Waals surface area contributed by atoms with Gasteiger partial charge in [-0.05, 0) is 55.4 Å². The van der Waals surface area contributed by atoms with Crippen LogP contribution in [0.4, 0.5) is 0 Å². The smallest absolute Gasteiger partial charge is 0.274 e. The molecular weight excluding hydrogens is 720 g/mol. The molecular formula is C40H46N8O8. The molecule has 3 aliphatic rings. The fourth-order valence-corrected chi connectivity index (χ4v) is 7.43. The number of nitrogens with one attached hydrogen (secondary N) is 5. The number of fused-ring (bicyclic) bond motifs is 2. The van der Waals surface area contributed by atoms with Crippen molar-refractivity contribution in [1.82, 2.24) is 41.4 Å². The summed E-state index contributed by atoms with van der Waals surface area (Å²) in [5, 5.41) is 23.8. The molecule has 294 valence electrons. The van der Waals surface area contributed by atoms with E-state index in [-0.39, 0.29) is 31.6 Å². The van der Waals surface area contributed by atoms with Gasteiger partial charge in [0.1, 0.15) is 42.0 Å². The number of aromatic hydroxyl groups is 1. The molecule has 1 aromatic heterocycles. The average molecular weight is 767 g/mol. The molecule has 16 nitrogen and oxygen atoms in total. The van der Waals surface area contributed by atoms with Crippen LogP contribution in [0, 0.1) is 0 Å². The van der Waals surface area contributed by atoms with Gasteiger partial charge >= 0.3 is 0 Å². The lowest BCUT2D eigenvalue weighted by Gasteiger charge is -2.32. The maximum Gasteiger partial charge on any atom is 0.274 e. The molecule has 7 amide bonds. The van der Waals surface area contributed by atoms with Gasteiger partial charge in [0, 0.05) is 32.3 Å². The zero-order valence-corrected chi connectivity index (χ0v) is 31.0. The normalized spacial score (nSPS) is 25.4. The van der Waals surface area contributed by atoms with Gasteiger partial charge in [-0.15, -0.1) is 0 Å². The second-order valence-electron chi connectivity index (χ2n) is 14.1. The molecule has 16 heteroatoms. The largest absolute Gasteiger partial charge is 0.505 e. The van der Waals surface area contributed by atoms with Crippen LogP contribution in [0.5, 0.6) is 5.75 Å². The third-order valence-electron chi connectivity index (χ3n) is 10.4. The van der Waals surface area contributed by atoms with E-state index in [4.69, 9.17) is 0 Å². The van der Waals surface area contributed by atoms with Gasteiger partial charge in [-0.25, -0.2) is 4.98 Å². The molecule has 56 heavy (non-hydrogen) atoms. The summed E-state index contributed by atoms with van der Waals surface area (Å²) in [6, 6.07) is 13.4. The number of pyridine rings is 1. The van der Waals surface area contributed by atoms with Gasteiger partial charge in [-0.3, -0.25) is 33.6 Å². The maximum absolute atomic E-state index is 14.4. The van der Waals surface area contributed by atoms with Crippen molar-refractivity contribution in [2.45, 2.75) is 81.7 Å². The number of hydrogen-bond donors (Lipinski definition) is 6. The molecule has 6 unspecified atom stereocenters. The molecule has 4 heterocycles. The van der Waals surface area contributed by atoms with Crippen LogP contribution in [0.25, 0.3) is 0 Å². The summed E-state index contributed by atoms with van der Waals surface area (Å²) in [5.74, 6) is -5.04. The third-order valence-corrected chi connectivity index (χ3v) is 10.4. The molecule has 3 fully saturated rings. The first-order chi connectivity index (χ1) is 27.0. The standard InChI is InChI=1S/C40H46N8O8/c1-2-26-39(55)47-20-10-16-29(47)35(51)44-27(22-24-12-5-3-6-13-24)40(56)48-21-11-17-30(48)36(52)46-32(25-14-7-4-8-15-25)37(53)42-23-28(34(50)43-26)45-38(54)33-31(49)18-9-19-41-33/h3-9,12-15,18-19,26-30,32,49H,2,10-11,16-17,20-23H2,1H3,(H,42,53)(H,43,50)(H,44,51)(H,45,54)(H,46,52).